The Kier molecular flexibility index (Phi) is 2.90. The van der Waals surface area contributed by atoms with Crippen LogP contribution in [0.5, 0.6) is 5.75 Å². The fourth-order valence-corrected chi connectivity index (χ4v) is 3.56. The molecule has 1 aliphatic heterocycles. The Bertz CT molecular complexity index is 805. The molecule has 0 spiro atoms. The molecule has 1 fully saturated rings. The van der Waals surface area contributed by atoms with Crippen LogP contribution in [-0.2, 0) is 4.74 Å². The smallest absolute Gasteiger partial charge is 0.234 e. The van der Waals surface area contributed by atoms with E-state index in [1.807, 2.05) is 17.5 Å². The van der Waals surface area contributed by atoms with E-state index in [4.69, 9.17) is 4.74 Å². The SMILES string of the molecule is Cc1cc(O)ccc1-c1nn2c(C3CCOC3)nnc2s1. The molecule has 0 bridgehead atoms. The third-order valence-corrected chi connectivity index (χ3v) is 4.68. The maximum atomic E-state index is 9.51. The predicted molar refractivity (Wildman–Crippen MR) is 78.7 cm³/mol. The molecule has 7 heteroatoms. The first-order valence-corrected chi connectivity index (χ1v) is 7.64. The number of phenolic OH excluding ortho intramolecular Hbond substituents is 1. The molecule has 1 N–H and O–H groups in total. The van der Waals surface area contributed by atoms with Crippen LogP contribution in [0, 0.1) is 6.92 Å². The van der Waals surface area contributed by atoms with Gasteiger partial charge in [0.05, 0.1) is 6.61 Å². The lowest BCUT2D eigenvalue weighted by Crippen LogP contribution is -2.04. The Hall–Kier alpha value is -1.99. The van der Waals surface area contributed by atoms with Gasteiger partial charge in [-0.15, -0.1) is 10.2 Å². The molecule has 2 aromatic heterocycles. The van der Waals surface area contributed by atoms with Crippen LogP contribution >= 0.6 is 11.3 Å². The standard InChI is InChI=1S/C14H14N4O2S/c1-8-6-10(19)2-3-11(8)13-17-18-12(9-4-5-20-7-9)15-16-14(18)21-13/h2-3,6,9,19H,4-5,7H2,1H3. The first-order chi connectivity index (χ1) is 10.2. The molecular weight excluding hydrogens is 288 g/mol. The highest BCUT2D eigenvalue weighted by molar-refractivity contribution is 7.19. The van der Waals surface area contributed by atoms with E-state index in [2.05, 4.69) is 15.3 Å². The lowest BCUT2D eigenvalue weighted by molar-refractivity contribution is 0.193. The lowest BCUT2D eigenvalue weighted by Gasteiger charge is -2.03. The maximum Gasteiger partial charge on any atom is 0.234 e. The topological polar surface area (TPSA) is 72.5 Å². The molecule has 3 heterocycles. The molecule has 0 amide bonds. The predicted octanol–water partition coefficient (Wildman–Crippen LogP) is 2.37. The van der Waals surface area contributed by atoms with Gasteiger partial charge in [-0.3, -0.25) is 0 Å². The normalized spacial score (nSPS) is 18.6. The van der Waals surface area contributed by atoms with Gasteiger partial charge >= 0.3 is 0 Å². The third-order valence-electron chi connectivity index (χ3n) is 3.75. The molecule has 1 saturated heterocycles. The summed E-state index contributed by atoms with van der Waals surface area (Å²) < 4.78 is 7.25. The Morgan fingerprint density at radius 2 is 2.29 bits per heavy atom. The fraction of sp³-hybridized carbons (Fsp3) is 0.357. The highest BCUT2D eigenvalue weighted by Gasteiger charge is 2.25. The highest BCUT2D eigenvalue weighted by Crippen LogP contribution is 2.32. The number of phenols is 1. The molecule has 1 unspecified atom stereocenters. The lowest BCUT2D eigenvalue weighted by atomic mass is 10.1. The minimum atomic E-state index is 0.267. The van der Waals surface area contributed by atoms with E-state index in [9.17, 15) is 5.11 Å². The van der Waals surface area contributed by atoms with E-state index in [0.29, 0.717) is 6.61 Å². The van der Waals surface area contributed by atoms with Crippen molar-refractivity contribution in [3.05, 3.63) is 29.6 Å². The summed E-state index contributed by atoms with van der Waals surface area (Å²) in [5.74, 6) is 1.42. The van der Waals surface area contributed by atoms with Gasteiger partial charge in [-0.2, -0.15) is 9.61 Å². The zero-order chi connectivity index (χ0) is 14.4. The Balaban J connectivity index is 1.80. The summed E-state index contributed by atoms with van der Waals surface area (Å²) in [5, 5.41) is 23.5. The number of ether oxygens (including phenoxy) is 1. The van der Waals surface area contributed by atoms with Crippen LogP contribution in [0.15, 0.2) is 18.2 Å². The molecule has 21 heavy (non-hydrogen) atoms. The summed E-state index contributed by atoms with van der Waals surface area (Å²) in [4.78, 5) is 0.791. The Labute approximate surface area is 125 Å². The molecule has 1 atom stereocenters. The molecule has 0 aliphatic carbocycles. The van der Waals surface area contributed by atoms with Crippen molar-refractivity contribution in [2.75, 3.05) is 13.2 Å². The van der Waals surface area contributed by atoms with Gasteiger partial charge in [0.2, 0.25) is 4.96 Å². The average Bonchev–Trinajstić information content (AvgIpc) is 3.13. The minimum Gasteiger partial charge on any atom is -0.508 e. The van der Waals surface area contributed by atoms with Crippen LogP contribution < -0.4 is 0 Å². The van der Waals surface area contributed by atoms with E-state index >= 15 is 0 Å². The van der Waals surface area contributed by atoms with Crippen LogP contribution in [0.1, 0.15) is 23.7 Å². The third kappa shape index (κ3) is 2.09. The van der Waals surface area contributed by atoms with Gasteiger partial charge in [0.25, 0.3) is 0 Å². The second kappa shape index (κ2) is 4.78. The zero-order valence-electron chi connectivity index (χ0n) is 11.5. The second-order valence-electron chi connectivity index (χ2n) is 5.22. The first kappa shape index (κ1) is 12.7. The molecule has 3 aromatic rings. The second-order valence-corrected chi connectivity index (χ2v) is 6.18. The van der Waals surface area contributed by atoms with Gasteiger partial charge in [-0.05, 0) is 37.1 Å². The summed E-state index contributed by atoms with van der Waals surface area (Å²) in [7, 11) is 0. The number of hydrogen-bond acceptors (Lipinski definition) is 6. The number of aryl methyl sites for hydroxylation is 1. The van der Waals surface area contributed by atoms with Crippen LogP contribution in [0.2, 0.25) is 0 Å². The van der Waals surface area contributed by atoms with Crippen LogP contribution in [0.3, 0.4) is 0 Å². The van der Waals surface area contributed by atoms with Gasteiger partial charge in [0, 0.05) is 18.1 Å². The number of aromatic hydroxyl groups is 1. The molecule has 0 saturated carbocycles. The molecule has 6 nitrogen and oxygen atoms in total. The van der Waals surface area contributed by atoms with Gasteiger partial charge in [-0.1, -0.05) is 11.3 Å². The number of nitrogens with zero attached hydrogens (tertiary/aromatic N) is 4. The summed E-state index contributed by atoms with van der Waals surface area (Å²) in [6.45, 7) is 3.42. The number of rotatable bonds is 2. The van der Waals surface area contributed by atoms with Crippen molar-refractivity contribution in [2.24, 2.45) is 0 Å². The van der Waals surface area contributed by atoms with Gasteiger partial charge in [0.15, 0.2) is 5.82 Å². The minimum absolute atomic E-state index is 0.267. The van der Waals surface area contributed by atoms with Crippen LogP contribution in [0.4, 0.5) is 0 Å². The average molecular weight is 302 g/mol. The van der Waals surface area contributed by atoms with Gasteiger partial charge in [0.1, 0.15) is 10.8 Å². The summed E-state index contributed by atoms with van der Waals surface area (Å²) in [5.41, 5.74) is 2.00. The van der Waals surface area contributed by atoms with Crippen molar-refractivity contribution in [1.82, 2.24) is 19.8 Å². The molecule has 1 aromatic carbocycles. The van der Waals surface area contributed by atoms with Crippen LogP contribution in [0.25, 0.3) is 15.5 Å². The van der Waals surface area contributed by atoms with E-state index in [1.54, 1.807) is 12.1 Å². The van der Waals surface area contributed by atoms with Crippen molar-refractivity contribution < 1.29 is 9.84 Å². The highest BCUT2D eigenvalue weighted by atomic mass is 32.1. The monoisotopic (exact) mass is 302 g/mol. The summed E-state index contributed by atoms with van der Waals surface area (Å²) >= 11 is 1.51. The summed E-state index contributed by atoms with van der Waals surface area (Å²) in [6, 6.07) is 5.30. The molecule has 0 radical (unpaired) electrons. The number of fused-ring (bicyclic) bond motifs is 1. The van der Waals surface area contributed by atoms with Gasteiger partial charge < -0.3 is 9.84 Å². The van der Waals surface area contributed by atoms with Gasteiger partial charge in [-0.25, -0.2) is 0 Å². The van der Waals surface area contributed by atoms with Crippen molar-refractivity contribution in [2.45, 2.75) is 19.3 Å². The Morgan fingerprint density at radius 1 is 1.38 bits per heavy atom. The van der Waals surface area contributed by atoms with Crippen molar-refractivity contribution in [1.29, 1.82) is 0 Å². The van der Waals surface area contributed by atoms with E-state index in [-0.39, 0.29) is 11.7 Å². The molecular formula is C14H14N4O2S. The maximum absolute atomic E-state index is 9.51. The van der Waals surface area contributed by atoms with E-state index < -0.39 is 0 Å². The van der Waals surface area contributed by atoms with Crippen molar-refractivity contribution in [3.8, 4) is 16.3 Å². The van der Waals surface area contributed by atoms with E-state index in [1.165, 1.54) is 11.3 Å². The summed E-state index contributed by atoms with van der Waals surface area (Å²) in [6.07, 6.45) is 0.964. The number of benzene rings is 1. The first-order valence-electron chi connectivity index (χ1n) is 6.82. The van der Waals surface area contributed by atoms with Crippen molar-refractivity contribution in [3.63, 3.8) is 0 Å². The molecule has 1 aliphatic rings. The number of aromatic nitrogens is 4. The zero-order valence-corrected chi connectivity index (χ0v) is 12.3. The van der Waals surface area contributed by atoms with E-state index in [0.717, 1.165) is 39.9 Å². The Morgan fingerprint density at radius 3 is 3.05 bits per heavy atom. The van der Waals surface area contributed by atoms with Crippen molar-refractivity contribution >= 4 is 16.3 Å². The fourth-order valence-electron chi connectivity index (χ4n) is 2.62. The quantitative estimate of drug-likeness (QED) is 0.787. The number of hydrogen-bond donors (Lipinski definition) is 1. The van der Waals surface area contributed by atoms with Crippen LogP contribution in [-0.4, -0.2) is 38.1 Å². The largest absolute Gasteiger partial charge is 0.508 e. The molecule has 108 valence electrons. The molecule has 4 rings (SSSR count).